The zero-order chi connectivity index (χ0) is 18.8. The largest absolute Gasteiger partial charge is 0.506 e. The second-order valence-corrected chi connectivity index (χ2v) is 6.29. The molecule has 3 rings (SSSR count). The van der Waals surface area contributed by atoms with Crippen LogP contribution in [0.5, 0.6) is 10.9 Å². The summed E-state index contributed by atoms with van der Waals surface area (Å²) in [7, 11) is 0. The number of hydrogen-bond donors (Lipinski definition) is 3. The highest BCUT2D eigenvalue weighted by atomic mass is 32.1. The number of thiazole rings is 1. The molecule has 0 bridgehead atoms. The van der Waals surface area contributed by atoms with Gasteiger partial charge in [0, 0.05) is 11.1 Å². The molecule has 0 spiro atoms. The quantitative estimate of drug-likeness (QED) is 0.477. The van der Waals surface area contributed by atoms with Crippen molar-refractivity contribution >= 4 is 45.0 Å². The van der Waals surface area contributed by atoms with Gasteiger partial charge in [-0.3, -0.25) is 9.59 Å². The van der Waals surface area contributed by atoms with E-state index in [-0.39, 0.29) is 33.5 Å². The van der Waals surface area contributed by atoms with E-state index in [1.807, 2.05) is 0 Å². The number of ether oxygens (including phenoxy) is 1. The maximum absolute atomic E-state index is 12.5. The number of para-hydroxylation sites is 1. The number of ketones is 1. The molecule has 0 aliphatic heterocycles. The summed E-state index contributed by atoms with van der Waals surface area (Å²) in [5.74, 6) is -1.01. The fourth-order valence-corrected chi connectivity index (χ4v) is 3.19. The van der Waals surface area contributed by atoms with Crippen LogP contribution in [0.25, 0.3) is 10.2 Å². The van der Waals surface area contributed by atoms with Crippen molar-refractivity contribution in [2.45, 2.75) is 6.92 Å². The van der Waals surface area contributed by atoms with Gasteiger partial charge >= 0.3 is 6.09 Å². The monoisotopic (exact) mass is 371 g/mol. The highest BCUT2D eigenvalue weighted by Gasteiger charge is 2.16. The van der Waals surface area contributed by atoms with Crippen LogP contribution in [0, 0.1) is 0 Å². The van der Waals surface area contributed by atoms with Gasteiger partial charge in [0.05, 0.1) is 15.9 Å². The van der Waals surface area contributed by atoms with Crippen LogP contribution in [-0.4, -0.2) is 27.9 Å². The smallest absolute Gasteiger partial charge is 0.411 e. The minimum Gasteiger partial charge on any atom is -0.506 e. The summed E-state index contributed by atoms with van der Waals surface area (Å²) in [5, 5.41) is 12.6. The highest BCUT2D eigenvalue weighted by Crippen LogP contribution is 2.30. The standard InChI is InChI=1S/C17H13N3O5S/c1-8(21)10-3-2-4-12(22)14(10)20-15(23)9-5-6-11-13(7-9)26-17(19-11)25-16(18)24/h2-7,22H,1H3,(H2,18,24)(H,20,23). The Morgan fingerprint density at radius 3 is 2.69 bits per heavy atom. The molecule has 0 radical (unpaired) electrons. The number of anilines is 1. The van der Waals surface area contributed by atoms with Crippen LogP contribution in [0.2, 0.25) is 0 Å². The van der Waals surface area contributed by atoms with E-state index in [0.29, 0.717) is 10.2 Å². The molecule has 26 heavy (non-hydrogen) atoms. The van der Waals surface area contributed by atoms with Crippen LogP contribution in [0.1, 0.15) is 27.6 Å². The molecule has 1 heterocycles. The Bertz CT molecular complexity index is 1040. The second-order valence-electron chi connectivity index (χ2n) is 5.29. The molecular weight excluding hydrogens is 358 g/mol. The number of nitrogens with zero attached hydrogens (tertiary/aromatic N) is 1. The number of fused-ring (bicyclic) bond motifs is 1. The number of aromatic nitrogens is 1. The van der Waals surface area contributed by atoms with Gasteiger partial charge in [0.25, 0.3) is 11.1 Å². The van der Waals surface area contributed by atoms with Crippen molar-refractivity contribution in [1.82, 2.24) is 4.98 Å². The van der Waals surface area contributed by atoms with E-state index in [4.69, 9.17) is 10.5 Å². The molecule has 1 aromatic heterocycles. The van der Waals surface area contributed by atoms with Crippen LogP contribution >= 0.6 is 11.3 Å². The molecule has 9 heteroatoms. The number of rotatable bonds is 4. The van der Waals surface area contributed by atoms with Gasteiger partial charge in [-0.25, -0.2) is 9.78 Å². The van der Waals surface area contributed by atoms with Gasteiger partial charge in [-0.15, -0.1) is 0 Å². The molecule has 0 fully saturated rings. The lowest BCUT2D eigenvalue weighted by Gasteiger charge is -2.11. The van der Waals surface area contributed by atoms with Crippen LogP contribution in [-0.2, 0) is 0 Å². The lowest BCUT2D eigenvalue weighted by Crippen LogP contribution is -2.15. The average Bonchev–Trinajstić information content (AvgIpc) is 2.96. The topological polar surface area (TPSA) is 132 Å². The number of carbonyl (C=O) groups excluding carboxylic acids is 3. The average molecular weight is 371 g/mol. The fourth-order valence-electron chi connectivity index (χ4n) is 2.33. The zero-order valence-corrected chi connectivity index (χ0v) is 14.3. The Morgan fingerprint density at radius 1 is 1.23 bits per heavy atom. The molecule has 0 atom stereocenters. The van der Waals surface area contributed by atoms with Crippen LogP contribution in [0.4, 0.5) is 10.5 Å². The lowest BCUT2D eigenvalue weighted by atomic mass is 10.1. The van der Waals surface area contributed by atoms with Crippen molar-refractivity contribution in [1.29, 1.82) is 0 Å². The Morgan fingerprint density at radius 2 is 2.00 bits per heavy atom. The highest BCUT2D eigenvalue weighted by molar-refractivity contribution is 7.20. The lowest BCUT2D eigenvalue weighted by molar-refractivity contribution is 0.101. The Balaban J connectivity index is 1.91. The van der Waals surface area contributed by atoms with Crippen molar-refractivity contribution in [3.8, 4) is 10.9 Å². The first-order valence-corrected chi connectivity index (χ1v) is 8.19. The van der Waals surface area contributed by atoms with E-state index < -0.39 is 12.0 Å². The van der Waals surface area contributed by atoms with E-state index in [1.165, 1.54) is 31.2 Å². The first kappa shape index (κ1) is 17.4. The summed E-state index contributed by atoms with van der Waals surface area (Å²) in [5.41, 5.74) is 6.02. The van der Waals surface area contributed by atoms with Crippen molar-refractivity contribution in [2.24, 2.45) is 5.73 Å². The van der Waals surface area contributed by atoms with Gasteiger partial charge < -0.3 is 20.9 Å². The summed E-state index contributed by atoms with van der Waals surface area (Å²) >= 11 is 1.06. The molecule has 0 saturated heterocycles. The molecule has 0 unspecified atom stereocenters. The number of Topliss-reactive ketones (excluding diaryl/α,β-unsaturated/α-hetero) is 1. The van der Waals surface area contributed by atoms with Gasteiger partial charge in [-0.2, -0.15) is 0 Å². The first-order chi connectivity index (χ1) is 12.3. The number of benzene rings is 2. The van der Waals surface area contributed by atoms with Gasteiger partial charge in [0.15, 0.2) is 5.78 Å². The Kier molecular flexibility index (Phi) is 4.55. The third-order valence-corrected chi connectivity index (χ3v) is 4.38. The van der Waals surface area contributed by atoms with Crippen molar-refractivity contribution in [2.75, 3.05) is 5.32 Å². The molecule has 0 aliphatic carbocycles. The molecular formula is C17H13N3O5S. The number of hydrogen-bond acceptors (Lipinski definition) is 7. The van der Waals surface area contributed by atoms with Crippen LogP contribution in [0.15, 0.2) is 36.4 Å². The predicted octanol–water partition coefficient (Wildman–Crippen LogP) is 2.91. The third kappa shape index (κ3) is 3.47. The number of primary amides is 1. The van der Waals surface area contributed by atoms with Crippen molar-refractivity contribution < 1.29 is 24.2 Å². The molecule has 0 aliphatic rings. The summed E-state index contributed by atoms with van der Waals surface area (Å²) in [4.78, 5) is 39.1. The fraction of sp³-hybridized carbons (Fsp3) is 0.0588. The van der Waals surface area contributed by atoms with Gasteiger partial charge in [0.2, 0.25) is 0 Å². The van der Waals surface area contributed by atoms with Crippen molar-refractivity contribution in [3.63, 3.8) is 0 Å². The minimum atomic E-state index is -0.974. The molecule has 2 aromatic carbocycles. The van der Waals surface area contributed by atoms with Crippen molar-refractivity contribution in [3.05, 3.63) is 47.5 Å². The van der Waals surface area contributed by atoms with Crippen LogP contribution in [0.3, 0.4) is 0 Å². The maximum atomic E-state index is 12.5. The Hall–Kier alpha value is -3.46. The molecule has 0 saturated carbocycles. The zero-order valence-electron chi connectivity index (χ0n) is 13.5. The first-order valence-electron chi connectivity index (χ1n) is 7.37. The maximum Gasteiger partial charge on any atom is 0.411 e. The number of aromatic hydroxyl groups is 1. The summed E-state index contributed by atoms with van der Waals surface area (Å²) in [6, 6.07) is 9.08. The number of carbonyl (C=O) groups is 3. The van der Waals surface area contributed by atoms with E-state index in [0.717, 1.165) is 11.3 Å². The normalized spacial score (nSPS) is 10.5. The minimum absolute atomic E-state index is 0.0483. The van der Waals surface area contributed by atoms with E-state index in [2.05, 4.69) is 10.3 Å². The molecule has 3 aromatic rings. The number of phenols is 1. The number of amides is 2. The third-order valence-electron chi connectivity index (χ3n) is 3.48. The summed E-state index contributed by atoms with van der Waals surface area (Å²) in [6.07, 6.45) is -0.974. The summed E-state index contributed by atoms with van der Waals surface area (Å²) in [6.45, 7) is 1.34. The number of nitrogens with two attached hydrogens (primary N) is 1. The molecule has 8 nitrogen and oxygen atoms in total. The number of phenolic OH excluding ortho intramolecular Hbond substituents is 1. The van der Waals surface area contributed by atoms with Crippen LogP contribution < -0.4 is 15.8 Å². The van der Waals surface area contributed by atoms with E-state index in [1.54, 1.807) is 12.1 Å². The molecule has 2 amide bonds. The van der Waals surface area contributed by atoms with Gasteiger partial charge in [-0.05, 0) is 37.3 Å². The predicted molar refractivity (Wildman–Crippen MR) is 95.9 cm³/mol. The molecule has 4 N–H and O–H groups in total. The number of nitrogens with one attached hydrogen (secondary N) is 1. The van der Waals surface area contributed by atoms with Gasteiger partial charge in [-0.1, -0.05) is 17.4 Å². The SMILES string of the molecule is CC(=O)c1cccc(O)c1NC(=O)c1ccc2nc(OC(N)=O)sc2c1. The van der Waals surface area contributed by atoms with Gasteiger partial charge in [0.1, 0.15) is 5.75 Å². The summed E-state index contributed by atoms with van der Waals surface area (Å²) < 4.78 is 5.34. The van der Waals surface area contributed by atoms with E-state index >= 15 is 0 Å². The molecule has 132 valence electrons. The Labute approximate surface area is 151 Å². The van der Waals surface area contributed by atoms with E-state index in [9.17, 15) is 19.5 Å². The second kappa shape index (κ2) is 6.81.